The second-order valence-electron chi connectivity index (χ2n) is 4.18. The van der Waals surface area contributed by atoms with E-state index >= 15 is 0 Å². The van der Waals surface area contributed by atoms with Gasteiger partial charge in [0.25, 0.3) is 0 Å². The Morgan fingerprint density at radius 2 is 2.17 bits per heavy atom. The van der Waals surface area contributed by atoms with Crippen molar-refractivity contribution < 1.29 is 4.39 Å². The molecule has 1 heterocycles. The Morgan fingerprint density at radius 1 is 1.44 bits per heavy atom. The Kier molecular flexibility index (Phi) is 3.82. The monoisotopic (exact) mass is 311 g/mol. The second-order valence-corrected chi connectivity index (χ2v) is 5.03. The van der Waals surface area contributed by atoms with Crippen molar-refractivity contribution >= 4 is 15.9 Å². The molecule has 96 valence electrons. The number of hydrogen-bond acceptors (Lipinski definition) is 2. The predicted octanol–water partition coefficient (Wildman–Crippen LogP) is 2.94. The zero-order chi connectivity index (χ0) is 13.3. The van der Waals surface area contributed by atoms with Crippen LogP contribution in [0.3, 0.4) is 0 Å². The third kappa shape index (κ3) is 2.33. The molecule has 18 heavy (non-hydrogen) atoms. The molecule has 1 aromatic carbocycles. The van der Waals surface area contributed by atoms with E-state index in [0.29, 0.717) is 0 Å². The van der Waals surface area contributed by atoms with E-state index in [9.17, 15) is 4.39 Å². The van der Waals surface area contributed by atoms with Crippen molar-refractivity contribution in [3.63, 3.8) is 0 Å². The fraction of sp³-hybridized carbons (Fsp3) is 0.308. The molecule has 1 unspecified atom stereocenters. The maximum atomic E-state index is 13.1. The van der Waals surface area contributed by atoms with Crippen LogP contribution < -0.4 is 5.32 Å². The first-order valence-corrected chi connectivity index (χ1v) is 6.44. The lowest BCUT2D eigenvalue weighted by molar-refractivity contribution is 0.612. The van der Waals surface area contributed by atoms with Crippen molar-refractivity contribution in [3.8, 4) is 0 Å². The second kappa shape index (κ2) is 5.20. The third-order valence-electron chi connectivity index (χ3n) is 3.11. The minimum Gasteiger partial charge on any atom is -0.334 e. The van der Waals surface area contributed by atoms with E-state index in [1.807, 2.05) is 31.8 Å². The van der Waals surface area contributed by atoms with Crippen LogP contribution in [0, 0.1) is 12.7 Å². The predicted molar refractivity (Wildman–Crippen MR) is 72.9 cm³/mol. The molecule has 0 aliphatic carbocycles. The summed E-state index contributed by atoms with van der Waals surface area (Å²) >= 11 is 3.41. The van der Waals surface area contributed by atoms with Gasteiger partial charge in [-0.3, -0.25) is 0 Å². The van der Waals surface area contributed by atoms with Gasteiger partial charge in [-0.15, -0.1) is 0 Å². The Hall–Kier alpha value is -1.20. The molecule has 1 N–H and O–H groups in total. The number of rotatable bonds is 3. The van der Waals surface area contributed by atoms with Gasteiger partial charge < -0.3 is 9.88 Å². The molecule has 3 nitrogen and oxygen atoms in total. The highest BCUT2D eigenvalue weighted by Gasteiger charge is 2.19. The highest BCUT2D eigenvalue weighted by atomic mass is 79.9. The lowest BCUT2D eigenvalue weighted by atomic mass is 10.0. The van der Waals surface area contributed by atoms with E-state index in [1.165, 1.54) is 12.1 Å². The van der Waals surface area contributed by atoms with Crippen LogP contribution in [0.2, 0.25) is 0 Å². The van der Waals surface area contributed by atoms with Gasteiger partial charge in [-0.2, -0.15) is 0 Å². The standard InChI is InChI=1S/C13H15BrFN3/c1-8-17-7-12(18(8)3)13(16-2)10-5-4-9(15)6-11(10)14/h4-7,13,16H,1-3H3. The highest BCUT2D eigenvalue weighted by Crippen LogP contribution is 2.29. The van der Waals surface area contributed by atoms with Crippen LogP contribution in [0.4, 0.5) is 4.39 Å². The molecule has 1 aromatic heterocycles. The van der Waals surface area contributed by atoms with Gasteiger partial charge in [0.1, 0.15) is 11.6 Å². The minimum absolute atomic E-state index is 0.0221. The van der Waals surface area contributed by atoms with E-state index in [2.05, 4.69) is 26.2 Å². The van der Waals surface area contributed by atoms with Gasteiger partial charge in [-0.05, 0) is 31.7 Å². The van der Waals surface area contributed by atoms with Gasteiger partial charge in [-0.25, -0.2) is 9.37 Å². The summed E-state index contributed by atoms with van der Waals surface area (Å²) in [6.45, 7) is 1.95. The first-order valence-electron chi connectivity index (χ1n) is 5.65. The number of aryl methyl sites for hydroxylation is 1. The van der Waals surface area contributed by atoms with E-state index in [0.717, 1.165) is 21.6 Å². The van der Waals surface area contributed by atoms with Crippen LogP contribution >= 0.6 is 15.9 Å². The molecular weight excluding hydrogens is 297 g/mol. The van der Waals surface area contributed by atoms with Crippen molar-refractivity contribution in [3.05, 3.63) is 51.8 Å². The van der Waals surface area contributed by atoms with Gasteiger partial charge >= 0.3 is 0 Å². The lowest BCUT2D eigenvalue weighted by Gasteiger charge is -2.19. The van der Waals surface area contributed by atoms with Crippen LogP contribution in [0.25, 0.3) is 0 Å². The average molecular weight is 312 g/mol. The number of nitrogens with one attached hydrogen (secondary N) is 1. The van der Waals surface area contributed by atoms with Crippen LogP contribution in [0.5, 0.6) is 0 Å². The van der Waals surface area contributed by atoms with Crippen LogP contribution in [0.1, 0.15) is 23.1 Å². The summed E-state index contributed by atoms with van der Waals surface area (Å²) in [6, 6.07) is 4.70. The summed E-state index contributed by atoms with van der Waals surface area (Å²) < 4.78 is 15.9. The molecule has 2 rings (SSSR count). The number of hydrogen-bond donors (Lipinski definition) is 1. The molecule has 0 saturated heterocycles. The summed E-state index contributed by atoms with van der Waals surface area (Å²) in [7, 11) is 3.85. The van der Waals surface area contributed by atoms with Crippen molar-refractivity contribution in [2.45, 2.75) is 13.0 Å². The molecule has 0 aliphatic rings. The van der Waals surface area contributed by atoms with Gasteiger partial charge in [0.2, 0.25) is 0 Å². The number of aromatic nitrogens is 2. The first kappa shape index (κ1) is 13.2. The quantitative estimate of drug-likeness (QED) is 0.944. The van der Waals surface area contributed by atoms with Crippen molar-refractivity contribution in [1.82, 2.24) is 14.9 Å². The van der Waals surface area contributed by atoms with Crippen LogP contribution in [-0.2, 0) is 7.05 Å². The zero-order valence-electron chi connectivity index (χ0n) is 10.5. The van der Waals surface area contributed by atoms with Gasteiger partial charge in [0, 0.05) is 11.5 Å². The molecule has 1 atom stereocenters. The minimum atomic E-state index is -0.248. The van der Waals surface area contributed by atoms with Crippen LogP contribution in [0.15, 0.2) is 28.9 Å². The SMILES string of the molecule is CNC(c1ccc(F)cc1Br)c1cnc(C)n1C. The van der Waals surface area contributed by atoms with Crippen molar-refractivity contribution in [2.24, 2.45) is 7.05 Å². The molecule has 0 saturated carbocycles. The Bertz CT molecular complexity index is 565. The Balaban J connectivity index is 2.48. The molecular formula is C13H15BrFN3. The van der Waals surface area contributed by atoms with Gasteiger partial charge in [0.15, 0.2) is 0 Å². The number of imidazole rings is 1. The van der Waals surface area contributed by atoms with Gasteiger partial charge in [0.05, 0.1) is 17.9 Å². The number of halogens is 2. The Morgan fingerprint density at radius 3 is 2.67 bits per heavy atom. The third-order valence-corrected chi connectivity index (χ3v) is 3.80. The molecule has 0 fully saturated rings. The average Bonchev–Trinajstić information content (AvgIpc) is 2.65. The normalized spacial score (nSPS) is 12.7. The van der Waals surface area contributed by atoms with E-state index < -0.39 is 0 Å². The fourth-order valence-corrected chi connectivity index (χ4v) is 2.57. The van der Waals surface area contributed by atoms with Crippen molar-refractivity contribution in [1.29, 1.82) is 0 Å². The molecule has 2 aromatic rings. The maximum Gasteiger partial charge on any atom is 0.124 e. The number of benzene rings is 1. The lowest BCUT2D eigenvalue weighted by Crippen LogP contribution is -2.21. The van der Waals surface area contributed by atoms with E-state index in [-0.39, 0.29) is 11.9 Å². The van der Waals surface area contributed by atoms with Crippen LogP contribution in [-0.4, -0.2) is 16.6 Å². The zero-order valence-corrected chi connectivity index (χ0v) is 12.1. The summed E-state index contributed by atoms with van der Waals surface area (Å²) in [4.78, 5) is 4.29. The largest absolute Gasteiger partial charge is 0.334 e. The smallest absolute Gasteiger partial charge is 0.124 e. The molecule has 0 radical (unpaired) electrons. The summed E-state index contributed by atoms with van der Waals surface area (Å²) in [5, 5.41) is 3.24. The van der Waals surface area contributed by atoms with Crippen molar-refractivity contribution in [2.75, 3.05) is 7.05 Å². The summed E-state index contributed by atoms with van der Waals surface area (Å²) in [5.74, 6) is 0.699. The molecule has 5 heteroatoms. The molecule has 0 bridgehead atoms. The maximum absolute atomic E-state index is 13.1. The molecule has 0 aliphatic heterocycles. The molecule has 0 amide bonds. The topological polar surface area (TPSA) is 29.9 Å². The number of nitrogens with zero attached hydrogens (tertiary/aromatic N) is 2. The summed E-state index contributed by atoms with van der Waals surface area (Å²) in [6.07, 6.45) is 1.84. The van der Waals surface area contributed by atoms with E-state index in [1.54, 1.807) is 6.07 Å². The highest BCUT2D eigenvalue weighted by molar-refractivity contribution is 9.10. The first-order chi connectivity index (χ1) is 8.54. The molecule has 0 spiro atoms. The van der Waals surface area contributed by atoms with Gasteiger partial charge in [-0.1, -0.05) is 22.0 Å². The fourth-order valence-electron chi connectivity index (χ4n) is 1.99. The van der Waals surface area contributed by atoms with E-state index in [4.69, 9.17) is 0 Å². The Labute approximate surface area is 114 Å². The summed E-state index contributed by atoms with van der Waals surface area (Å²) in [5.41, 5.74) is 2.03.